The molecule has 0 bridgehead atoms. The lowest BCUT2D eigenvalue weighted by atomic mass is 10.2. The molecule has 0 unspecified atom stereocenters. The lowest BCUT2D eigenvalue weighted by Crippen LogP contribution is -2.27. The van der Waals surface area contributed by atoms with Crippen molar-refractivity contribution in [3.8, 4) is 0 Å². The SMILES string of the molecule is CC(C)(C)OC(=O)Nc1ncnc(Cl)c1Br. The van der Waals surface area contributed by atoms with E-state index in [0.717, 1.165) is 0 Å². The molecule has 5 nitrogen and oxygen atoms in total. The maximum Gasteiger partial charge on any atom is 0.413 e. The molecule has 0 fully saturated rings. The predicted octanol–water partition coefficient (Wildman–Crippen LogP) is 3.24. The summed E-state index contributed by atoms with van der Waals surface area (Å²) in [7, 11) is 0. The Morgan fingerprint density at radius 3 is 2.69 bits per heavy atom. The van der Waals surface area contributed by atoms with Gasteiger partial charge < -0.3 is 4.74 Å². The van der Waals surface area contributed by atoms with Crippen molar-refractivity contribution in [1.29, 1.82) is 0 Å². The molecular weight excluding hydrogens is 297 g/mol. The second-order valence-electron chi connectivity index (χ2n) is 3.95. The Kier molecular flexibility index (Phi) is 4.09. The Bertz CT molecular complexity index is 406. The highest BCUT2D eigenvalue weighted by atomic mass is 79.9. The highest BCUT2D eigenvalue weighted by Crippen LogP contribution is 2.26. The predicted molar refractivity (Wildman–Crippen MR) is 64.6 cm³/mol. The third-order valence-corrected chi connectivity index (χ3v) is 2.63. The van der Waals surface area contributed by atoms with Gasteiger partial charge in [0, 0.05) is 0 Å². The summed E-state index contributed by atoms with van der Waals surface area (Å²) in [5.41, 5.74) is -0.562. The van der Waals surface area contributed by atoms with Crippen LogP contribution in [0.5, 0.6) is 0 Å². The summed E-state index contributed by atoms with van der Waals surface area (Å²) in [6.45, 7) is 5.32. The van der Waals surface area contributed by atoms with Crippen molar-refractivity contribution in [3.63, 3.8) is 0 Å². The van der Waals surface area contributed by atoms with Crippen LogP contribution in [0.3, 0.4) is 0 Å². The van der Waals surface area contributed by atoms with E-state index in [1.807, 2.05) is 0 Å². The molecular formula is C9H11BrClN3O2. The van der Waals surface area contributed by atoms with Crippen LogP contribution in [-0.4, -0.2) is 21.7 Å². The molecule has 1 amide bonds. The maximum atomic E-state index is 11.4. The Balaban J connectivity index is 2.74. The summed E-state index contributed by atoms with van der Waals surface area (Å²) in [6, 6.07) is 0. The number of rotatable bonds is 1. The minimum atomic E-state index is -0.594. The first-order valence-electron chi connectivity index (χ1n) is 4.45. The molecule has 88 valence electrons. The number of carbonyl (C=O) groups excluding carboxylic acids is 1. The zero-order valence-corrected chi connectivity index (χ0v) is 11.4. The second-order valence-corrected chi connectivity index (χ2v) is 5.10. The van der Waals surface area contributed by atoms with E-state index in [2.05, 4.69) is 31.2 Å². The van der Waals surface area contributed by atoms with E-state index in [-0.39, 0.29) is 11.0 Å². The molecule has 0 saturated heterocycles. The number of anilines is 1. The first-order chi connectivity index (χ1) is 7.29. The molecule has 0 radical (unpaired) electrons. The van der Waals surface area contributed by atoms with Gasteiger partial charge >= 0.3 is 6.09 Å². The molecule has 16 heavy (non-hydrogen) atoms. The van der Waals surface area contributed by atoms with Crippen molar-refractivity contribution < 1.29 is 9.53 Å². The summed E-state index contributed by atoms with van der Waals surface area (Å²) in [5.74, 6) is 0.272. The van der Waals surface area contributed by atoms with E-state index in [9.17, 15) is 4.79 Å². The Morgan fingerprint density at radius 2 is 2.12 bits per heavy atom. The number of carbonyl (C=O) groups is 1. The van der Waals surface area contributed by atoms with Crippen molar-refractivity contribution >= 4 is 39.4 Å². The molecule has 1 rings (SSSR count). The van der Waals surface area contributed by atoms with Gasteiger partial charge in [-0.15, -0.1) is 0 Å². The van der Waals surface area contributed by atoms with Crippen LogP contribution in [0.15, 0.2) is 10.8 Å². The van der Waals surface area contributed by atoms with Crippen LogP contribution in [0.1, 0.15) is 20.8 Å². The standard InChI is InChI=1S/C9H11BrClN3O2/c1-9(2,3)16-8(15)14-7-5(10)6(11)12-4-13-7/h4H,1-3H3,(H,12,13,14,15). The molecule has 1 aromatic heterocycles. The van der Waals surface area contributed by atoms with Crippen LogP contribution >= 0.6 is 27.5 Å². The minimum absolute atomic E-state index is 0.223. The van der Waals surface area contributed by atoms with E-state index in [0.29, 0.717) is 4.47 Å². The largest absolute Gasteiger partial charge is 0.444 e. The summed E-state index contributed by atoms with van der Waals surface area (Å²) < 4.78 is 5.48. The molecule has 0 spiro atoms. The fourth-order valence-electron chi connectivity index (χ4n) is 0.836. The van der Waals surface area contributed by atoms with Crippen molar-refractivity contribution in [1.82, 2.24) is 9.97 Å². The number of hydrogen-bond acceptors (Lipinski definition) is 4. The average molecular weight is 309 g/mol. The Hall–Kier alpha value is -0.880. The monoisotopic (exact) mass is 307 g/mol. The van der Waals surface area contributed by atoms with Gasteiger partial charge in [-0.1, -0.05) is 11.6 Å². The first-order valence-corrected chi connectivity index (χ1v) is 5.62. The van der Waals surface area contributed by atoms with Crippen LogP contribution in [0.2, 0.25) is 5.15 Å². The van der Waals surface area contributed by atoms with Crippen molar-refractivity contribution in [2.75, 3.05) is 5.32 Å². The third kappa shape index (κ3) is 3.94. The zero-order chi connectivity index (χ0) is 12.3. The molecule has 0 aliphatic rings. The van der Waals surface area contributed by atoms with E-state index in [1.54, 1.807) is 20.8 Å². The zero-order valence-electron chi connectivity index (χ0n) is 9.04. The lowest BCUT2D eigenvalue weighted by molar-refractivity contribution is 0.0635. The molecule has 0 aliphatic carbocycles. The molecule has 7 heteroatoms. The van der Waals surface area contributed by atoms with Gasteiger partial charge in [-0.25, -0.2) is 14.8 Å². The van der Waals surface area contributed by atoms with Gasteiger partial charge in [-0.05, 0) is 36.7 Å². The van der Waals surface area contributed by atoms with Gasteiger partial charge in [0.25, 0.3) is 0 Å². The molecule has 1 N–H and O–H groups in total. The van der Waals surface area contributed by atoms with Crippen LogP contribution in [0, 0.1) is 0 Å². The van der Waals surface area contributed by atoms with Crippen LogP contribution in [-0.2, 0) is 4.74 Å². The van der Waals surface area contributed by atoms with Crippen molar-refractivity contribution in [3.05, 3.63) is 16.0 Å². The van der Waals surface area contributed by atoms with Gasteiger partial charge in [0.05, 0.1) is 4.47 Å². The van der Waals surface area contributed by atoms with E-state index in [4.69, 9.17) is 16.3 Å². The number of nitrogens with zero attached hydrogens (tertiary/aromatic N) is 2. The quantitative estimate of drug-likeness (QED) is 0.809. The summed E-state index contributed by atoms with van der Waals surface area (Å²) >= 11 is 8.90. The van der Waals surface area contributed by atoms with E-state index in [1.165, 1.54) is 6.33 Å². The van der Waals surface area contributed by atoms with Gasteiger partial charge in [0.2, 0.25) is 0 Å². The summed E-state index contributed by atoms with van der Waals surface area (Å²) in [5, 5.41) is 2.69. The van der Waals surface area contributed by atoms with E-state index >= 15 is 0 Å². The fraction of sp³-hybridized carbons (Fsp3) is 0.444. The minimum Gasteiger partial charge on any atom is -0.444 e. The molecule has 0 atom stereocenters. The molecule has 1 aromatic rings. The topological polar surface area (TPSA) is 64.1 Å². The Labute approximate surface area is 107 Å². The van der Waals surface area contributed by atoms with E-state index < -0.39 is 11.7 Å². The molecule has 0 aliphatic heterocycles. The van der Waals surface area contributed by atoms with Gasteiger partial charge in [-0.2, -0.15) is 0 Å². The van der Waals surface area contributed by atoms with Crippen LogP contribution in [0.4, 0.5) is 10.6 Å². The van der Waals surface area contributed by atoms with Gasteiger partial charge in [0.15, 0.2) is 5.82 Å². The van der Waals surface area contributed by atoms with Crippen molar-refractivity contribution in [2.24, 2.45) is 0 Å². The Morgan fingerprint density at radius 1 is 1.50 bits per heavy atom. The second kappa shape index (κ2) is 4.97. The number of ether oxygens (including phenoxy) is 1. The fourth-order valence-corrected chi connectivity index (χ4v) is 1.27. The number of aromatic nitrogens is 2. The number of halogens is 2. The van der Waals surface area contributed by atoms with Crippen molar-refractivity contribution in [2.45, 2.75) is 26.4 Å². The lowest BCUT2D eigenvalue weighted by Gasteiger charge is -2.19. The van der Waals surface area contributed by atoms with Crippen LogP contribution in [0.25, 0.3) is 0 Å². The third-order valence-electron chi connectivity index (χ3n) is 1.37. The highest BCUT2D eigenvalue weighted by Gasteiger charge is 2.18. The van der Waals surface area contributed by atoms with Gasteiger partial charge in [-0.3, -0.25) is 5.32 Å². The first kappa shape index (κ1) is 13.2. The summed E-state index contributed by atoms with van der Waals surface area (Å²) in [4.78, 5) is 19.0. The number of hydrogen-bond donors (Lipinski definition) is 1. The maximum absolute atomic E-state index is 11.4. The molecule has 0 aromatic carbocycles. The highest BCUT2D eigenvalue weighted by molar-refractivity contribution is 9.10. The van der Waals surface area contributed by atoms with Gasteiger partial charge in [0.1, 0.15) is 17.1 Å². The number of nitrogens with one attached hydrogen (secondary N) is 1. The average Bonchev–Trinajstić information content (AvgIpc) is 2.09. The normalized spacial score (nSPS) is 11.1. The van der Waals surface area contributed by atoms with Crippen LogP contribution < -0.4 is 5.32 Å². The summed E-state index contributed by atoms with van der Waals surface area (Å²) in [6.07, 6.45) is 0.655. The smallest absolute Gasteiger partial charge is 0.413 e. The molecule has 0 saturated carbocycles. The number of amides is 1. The molecule has 1 heterocycles.